The number of aromatic hydroxyl groups is 1. The summed E-state index contributed by atoms with van der Waals surface area (Å²) in [5, 5.41) is 9.64. The molecule has 0 bridgehead atoms. The largest absolute Gasteiger partial charge is 0.508 e. The molecule has 1 heterocycles. The quantitative estimate of drug-likeness (QED) is 0.649. The third-order valence-electron chi connectivity index (χ3n) is 2.72. The summed E-state index contributed by atoms with van der Waals surface area (Å²) < 4.78 is 0. The van der Waals surface area contributed by atoms with Gasteiger partial charge in [0.05, 0.1) is 0 Å². The number of aromatic amines is 1. The summed E-state index contributed by atoms with van der Waals surface area (Å²) in [7, 11) is 0. The third-order valence-corrected chi connectivity index (χ3v) is 2.72. The molecule has 3 nitrogen and oxygen atoms in total. The number of phenols is 1. The molecule has 3 heteroatoms. The minimum atomic E-state index is 0.104. The maximum Gasteiger partial charge on any atom is 0.161 e. The van der Waals surface area contributed by atoms with Crippen LogP contribution >= 0.6 is 0 Å². The lowest BCUT2D eigenvalue weighted by Crippen LogP contribution is -1.87. The molecule has 0 spiro atoms. The first-order valence-corrected chi connectivity index (χ1v) is 5.99. The zero-order valence-electron chi connectivity index (χ0n) is 10.6. The van der Waals surface area contributed by atoms with E-state index in [0.717, 1.165) is 16.5 Å². The van der Waals surface area contributed by atoms with Crippen LogP contribution in [0.25, 0.3) is 10.9 Å². The van der Waals surface area contributed by atoms with E-state index in [-0.39, 0.29) is 5.78 Å². The van der Waals surface area contributed by atoms with E-state index in [1.165, 1.54) is 0 Å². The third kappa shape index (κ3) is 3.22. The molecular weight excluding hydrogens is 238 g/mol. The van der Waals surface area contributed by atoms with E-state index in [2.05, 4.69) is 4.98 Å². The number of H-pyrrole nitrogens is 1. The first-order valence-electron chi connectivity index (χ1n) is 5.99. The first kappa shape index (κ1) is 12.9. The van der Waals surface area contributed by atoms with Gasteiger partial charge in [-0.25, -0.2) is 0 Å². The maximum atomic E-state index is 11.1. The van der Waals surface area contributed by atoms with Gasteiger partial charge in [-0.2, -0.15) is 0 Å². The molecule has 0 radical (unpaired) electrons. The molecule has 0 saturated heterocycles. The molecule has 3 rings (SSSR count). The number of benzene rings is 2. The number of nitrogens with one attached hydrogen (secondary N) is 1. The number of hydrogen-bond donors (Lipinski definition) is 2. The van der Waals surface area contributed by atoms with Gasteiger partial charge in [0, 0.05) is 22.7 Å². The molecule has 0 fully saturated rings. The van der Waals surface area contributed by atoms with Crippen molar-refractivity contribution in [1.29, 1.82) is 0 Å². The van der Waals surface area contributed by atoms with Crippen molar-refractivity contribution in [1.82, 2.24) is 4.98 Å². The summed E-state index contributed by atoms with van der Waals surface area (Å²) in [5.74, 6) is 0.426. The summed E-state index contributed by atoms with van der Waals surface area (Å²) in [6.07, 6.45) is 1.76. The van der Waals surface area contributed by atoms with Gasteiger partial charge >= 0.3 is 0 Å². The molecular formula is C16H15NO2. The zero-order chi connectivity index (χ0) is 13.7. The van der Waals surface area contributed by atoms with Gasteiger partial charge in [0.1, 0.15) is 5.75 Å². The number of rotatable bonds is 1. The Kier molecular flexibility index (Phi) is 3.98. The van der Waals surface area contributed by atoms with Crippen LogP contribution in [0.3, 0.4) is 0 Å². The van der Waals surface area contributed by atoms with Crippen LogP contribution in [-0.4, -0.2) is 15.9 Å². The van der Waals surface area contributed by atoms with Crippen LogP contribution in [-0.2, 0) is 0 Å². The van der Waals surface area contributed by atoms with E-state index in [9.17, 15) is 4.79 Å². The van der Waals surface area contributed by atoms with E-state index in [1.807, 2.05) is 30.3 Å². The van der Waals surface area contributed by atoms with Crippen molar-refractivity contribution in [2.24, 2.45) is 0 Å². The highest BCUT2D eigenvalue weighted by Crippen LogP contribution is 2.17. The fourth-order valence-corrected chi connectivity index (χ4v) is 1.79. The Morgan fingerprint density at radius 3 is 2.21 bits per heavy atom. The summed E-state index contributed by atoms with van der Waals surface area (Å²) >= 11 is 0. The van der Waals surface area contributed by atoms with Crippen molar-refractivity contribution in [2.75, 3.05) is 0 Å². The second kappa shape index (κ2) is 5.87. The lowest BCUT2D eigenvalue weighted by molar-refractivity contribution is 0.101. The predicted octanol–water partition coefficient (Wildman–Crippen LogP) is 3.76. The molecule has 2 aromatic carbocycles. The summed E-state index contributed by atoms with van der Waals surface area (Å²) in [5.41, 5.74) is 1.79. The van der Waals surface area contributed by atoms with E-state index < -0.39 is 0 Å². The Labute approximate surface area is 111 Å². The predicted molar refractivity (Wildman–Crippen MR) is 76.4 cm³/mol. The standard InChI is InChI=1S/C10H9NO.C6H6O/c1-7(12)9-6-11-10-5-3-2-4-8(9)10;7-6-4-2-1-3-5-6/h2-6,11H,1H3;1-5,7H. The Balaban J connectivity index is 0.000000163. The number of hydrogen-bond acceptors (Lipinski definition) is 2. The molecule has 0 saturated carbocycles. The van der Waals surface area contributed by atoms with Crippen LogP contribution in [0.2, 0.25) is 0 Å². The topological polar surface area (TPSA) is 53.1 Å². The van der Waals surface area contributed by atoms with Crippen molar-refractivity contribution < 1.29 is 9.90 Å². The minimum absolute atomic E-state index is 0.104. The van der Waals surface area contributed by atoms with E-state index in [4.69, 9.17) is 5.11 Å². The number of para-hydroxylation sites is 2. The van der Waals surface area contributed by atoms with Gasteiger partial charge in [0.2, 0.25) is 0 Å². The lowest BCUT2D eigenvalue weighted by atomic mass is 10.1. The monoisotopic (exact) mass is 253 g/mol. The fraction of sp³-hybridized carbons (Fsp3) is 0.0625. The second-order valence-electron chi connectivity index (χ2n) is 4.14. The number of aromatic nitrogens is 1. The van der Waals surface area contributed by atoms with Crippen LogP contribution in [0, 0.1) is 0 Å². The average molecular weight is 253 g/mol. The lowest BCUT2D eigenvalue weighted by Gasteiger charge is -1.90. The van der Waals surface area contributed by atoms with Crippen LogP contribution in [0.4, 0.5) is 0 Å². The Morgan fingerprint density at radius 1 is 1.00 bits per heavy atom. The number of ketones is 1. The second-order valence-corrected chi connectivity index (χ2v) is 4.14. The Hall–Kier alpha value is -2.55. The van der Waals surface area contributed by atoms with Crippen molar-refractivity contribution in [3.05, 3.63) is 66.4 Å². The molecule has 0 atom stereocenters. The van der Waals surface area contributed by atoms with Gasteiger partial charge in [-0.3, -0.25) is 4.79 Å². The number of Topliss-reactive ketones (excluding diaryl/α,β-unsaturated/α-hetero) is 1. The smallest absolute Gasteiger partial charge is 0.161 e. The van der Waals surface area contributed by atoms with E-state index >= 15 is 0 Å². The summed E-state index contributed by atoms with van der Waals surface area (Å²) in [4.78, 5) is 14.1. The highest BCUT2D eigenvalue weighted by molar-refractivity contribution is 6.06. The number of carbonyl (C=O) groups is 1. The zero-order valence-corrected chi connectivity index (χ0v) is 10.6. The Morgan fingerprint density at radius 2 is 1.63 bits per heavy atom. The Bertz CT molecular complexity index is 671. The molecule has 0 aliphatic rings. The number of carbonyl (C=O) groups excluding carboxylic acids is 1. The first-order chi connectivity index (χ1) is 9.18. The summed E-state index contributed by atoms with van der Waals surface area (Å²) in [6, 6.07) is 16.5. The van der Waals surface area contributed by atoms with Crippen LogP contribution in [0.5, 0.6) is 5.75 Å². The fourth-order valence-electron chi connectivity index (χ4n) is 1.79. The van der Waals surface area contributed by atoms with E-state index in [0.29, 0.717) is 5.75 Å². The highest BCUT2D eigenvalue weighted by atomic mass is 16.3. The van der Waals surface area contributed by atoms with Gasteiger partial charge in [0.15, 0.2) is 5.78 Å². The molecule has 0 unspecified atom stereocenters. The van der Waals surface area contributed by atoms with E-state index in [1.54, 1.807) is 37.4 Å². The minimum Gasteiger partial charge on any atom is -0.508 e. The molecule has 0 aliphatic heterocycles. The highest BCUT2D eigenvalue weighted by Gasteiger charge is 2.05. The molecule has 1 aromatic heterocycles. The molecule has 0 aliphatic carbocycles. The molecule has 96 valence electrons. The number of fused-ring (bicyclic) bond motifs is 1. The molecule has 0 amide bonds. The SMILES string of the molecule is CC(=O)c1c[nH]c2ccccc12.Oc1ccccc1. The number of phenolic OH excluding ortho intramolecular Hbond substituents is 1. The van der Waals surface area contributed by atoms with Crippen molar-refractivity contribution in [3.63, 3.8) is 0 Å². The van der Waals surface area contributed by atoms with Gasteiger partial charge < -0.3 is 10.1 Å². The van der Waals surface area contributed by atoms with Crippen molar-refractivity contribution in [3.8, 4) is 5.75 Å². The van der Waals surface area contributed by atoms with Crippen LogP contribution < -0.4 is 0 Å². The molecule has 3 aromatic rings. The van der Waals surface area contributed by atoms with Crippen molar-refractivity contribution in [2.45, 2.75) is 6.92 Å². The molecule has 19 heavy (non-hydrogen) atoms. The average Bonchev–Trinajstić information content (AvgIpc) is 2.84. The van der Waals surface area contributed by atoms with Crippen molar-refractivity contribution >= 4 is 16.7 Å². The maximum absolute atomic E-state index is 11.1. The van der Waals surface area contributed by atoms with Crippen LogP contribution in [0.1, 0.15) is 17.3 Å². The van der Waals surface area contributed by atoms with Gasteiger partial charge in [-0.1, -0.05) is 36.4 Å². The molecule has 2 N–H and O–H groups in total. The summed E-state index contributed by atoms with van der Waals surface area (Å²) in [6.45, 7) is 1.58. The van der Waals surface area contributed by atoms with Gasteiger partial charge in [-0.05, 0) is 25.1 Å². The van der Waals surface area contributed by atoms with Gasteiger partial charge in [-0.15, -0.1) is 0 Å². The normalized spacial score (nSPS) is 9.74. The van der Waals surface area contributed by atoms with Crippen LogP contribution in [0.15, 0.2) is 60.8 Å². The van der Waals surface area contributed by atoms with Gasteiger partial charge in [0.25, 0.3) is 0 Å².